The van der Waals surface area contributed by atoms with Crippen molar-refractivity contribution in [1.29, 1.82) is 0 Å². The third-order valence-electron chi connectivity index (χ3n) is 5.04. The number of carbonyl (C=O) groups excluding carboxylic acids is 1. The first-order valence-corrected chi connectivity index (χ1v) is 9.97. The molecule has 7 heteroatoms. The van der Waals surface area contributed by atoms with E-state index in [1.807, 2.05) is 17.0 Å². The SMILES string of the molecule is O=C(CCc1ccc(-c2ccccc2F)o1)N1CCN(c2cccc(Cl)n2)CC1. The molecular weight excluding hydrogens is 393 g/mol. The largest absolute Gasteiger partial charge is 0.461 e. The van der Waals surface area contributed by atoms with Gasteiger partial charge >= 0.3 is 0 Å². The van der Waals surface area contributed by atoms with Crippen LogP contribution in [0.25, 0.3) is 11.3 Å². The van der Waals surface area contributed by atoms with Crippen LogP contribution in [0, 0.1) is 5.82 Å². The minimum atomic E-state index is -0.323. The van der Waals surface area contributed by atoms with Crippen LogP contribution < -0.4 is 4.90 Å². The lowest BCUT2D eigenvalue weighted by atomic mass is 10.1. The Kier molecular flexibility index (Phi) is 5.81. The van der Waals surface area contributed by atoms with Gasteiger partial charge in [-0.25, -0.2) is 9.37 Å². The van der Waals surface area contributed by atoms with Gasteiger partial charge in [-0.1, -0.05) is 29.8 Å². The molecule has 0 spiro atoms. The molecule has 29 heavy (non-hydrogen) atoms. The number of aromatic nitrogens is 1. The number of rotatable bonds is 5. The second-order valence-corrected chi connectivity index (χ2v) is 7.32. The highest BCUT2D eigenvalue weighted by Gasteiger charge is 2.22. The highest BCUT2D eigenvalue weighted by Crippen LogP contribution is 2.25. The number of halogens is 2. The first-order chi connectivity index (χ1) is 14.1. The fraction of sp³-hybridized carbons (Fsp3) is 0.273. The number of benzene rings is 1. The van der Waals surface area contributed by atoms with Crippen LogP contribution in [-0.2, 0) is 11.2 Å². The Balaban J connectivity index is 1.29. The highest BCUT2D eigenvalue weighted by molar-refractivity contribution is 6.29. The van der Waals surface area contributed by atoms with E-state index in [0.717, 1.165) is 18.9 Å². The molecule has 0 unspecified atom stereocenters. The van der Waals surface area contributed by atoms with Crippen LogP contribution in [0.1, 0.15) is 12.2 Å². The zero-order valence-electron chi connectivity index (χ0n) is 15.9. The Morgan fingerprint density at radius 2 is 1.83 bits per heavy atom. The maximum atomic E-state index is 13.9. The van der Waals surface area contributed by atoms with Crippen molar-refractivity contribution in [2.45, 2.75) is 12.8 Å². The van der Waals surface area contributed by atoms with Gasteiger partial charge in [0.25, 0.3) is 0 Å². The van der Waals surface area contributed by atoms with Crippen molar-refractivity contribution in [2.24, 2.45) is 0 Å². The van der Waals surface area contributed by atoms with Crippen molar-refractivity contribution >= 4 is 23.3 Å². The molecule has 0 atom stereocenters. The van der Waals surface area contributed by atoms with Crippen LogP contribution >= 0.6 is 11.6 Å². The smallest absolute Gasteiger partial charge is 0.223 e. The van der Waals surface area contributed by atoms with Crippen molar-refractivity contribution in [3.8, 4) is 11.3 Å². The highest BCUT2D eigenvalue weighted by atomic mass is 35.5. The van der Waals surface area contributed by atoms with Gasteiger partial charge in [-0.3, -0.25) is 4.79 Å². The van der Waals surface area contributed by atoms with E-state index in [-0.39, 0.29) is 11.7 Å². The van der Waals surface area contributed by atoms with E-state index >= 15 is 0 Å². The quantitative estimate of drug-likeness (QED) is 0.581. The molecule has 4 rings (SSSR count). The monoisotopic (exact) mass is 413 g/mol. The molecule has 0 bridgehead atoms. The summed E-state index contributed by atoms with van der Waals surface area (Å²) in [6.45, 7) is 2.73. The lowest BCUT2D eigenvalue weighted by Gasteiger charge is -2.35. The third-order valence-corrected chi connectivity index (χ3v) is 5.25. The Labute approximate surface area is 173 Å². The average molecular weight is 414 g/mol. The van der Waals surface area contributed by atoms with E-state index in [1.54, 1.807) is 36.4 Å². The number of aryl methyl sites for hydroxylation is 1. The third kappa shape index (κ3) is 4.59. The van der Waals surface area contributed by atoms with Crippen molar-refractivity contribution in [2.75, 3.05) is 31.1 Å². The van der Waals surface area contributed by atoms with Crippen LogP contribution in [-0.4, -0.2) is 42.0 Å². The van der Waals surface area contributed by atoms with Crippen LogP contribution in [0.15, 0.2) is 59.0 Å². The van der Waals surface area contributed by atoms with E-state index in [1.165, 1.54) is 6.07 Å². The summed E-state index contributed by atoms with van der Waals surface area (Å²) in [6, 6.07) is 15.6. The number of amides is 1. The molecule has 5 nitrogen and oxygen atoms in total. The lowest BCUT2D eigenvalue weighted by molar-refractivity contribution is -0.131. The minimum absolute atomic E-state index is 0.0903. The number of anilines is 1. The molecule has 3 heterocycles. The van der Waals surface area contributed by atoms with Crippen molar-refractivity contribution in [3.63, 3.8) is 0 Å². The maximum Gasteiger partial charge on any atom is 0.223 e. The molecule has 0 N–H and O–H groups in total. The Hall–Kier alpha value is -2.86. The Morgan fingerprint density at radius 3 is 2.59 bits per heavy atom. The summed E-state index contributed by atoms with van der Waals surface area (Å²) in [4.78, 5) is 20.9. The van der Waals surface area contributed by atoms with Crippen molar-refractivity contribution in [3.05, 3.63) is 71.3 Å². The van der Waals surface area contributed by atoms with Gasteiger partial charge in [0.05, 0.1) is 5.56 Å². The van der Waals surface area contributed by atoms with Crippen LogP contribution in [0.3, 0.4) is 0 Å². The van der Waals surface area contributed by atoms with Crippen LogP contribution in [0.5, 0.6) is 0 Å². The molecule has 0 radical (unpaired) electrons. The molecule has 1 aromatic carbocycles. The fourth-order valence-electron chi connectivity index (χ4n) is 3.46. The molecule has 3 aromatic rings. The topological polar surface area (TPSA) is 49.6 Å². The van der Waals surface area contributed by atoms with E-state index in [4.69, 9.17) is 16.0 Å². The summed E-state index contributed by atoms with van der Waals surface area (Å²) < 4.78 is 19.6. The van der Waals surface area contributed by atoms with E-state index in [2.05, 4.69) is 9.88 Å². The van der Waals surface area contributed by atoms with Crippen molar-refractivity contribution in [1.82, 2.24) is 9.88 Å². The molecule has 1 amide bonds. The van der Waals surface area contributed by atoms with Crippen LogP contribution in [0.4, 0.5) is 10.2 Å². The summed E-state index contributed by atoms with van der Waals surface area (Å²) in [7, 11) is 0. The lowest BCUT2D eigenvalue weighted by Crippen LogP contribution is -2.49. The number of hydrogen-bond acceptors (Lipinski definition) is 4. The second kappa shape index (κ2) is 8.66. The Morgan fingerprint density at radius 1 is 1.03 bits per heavy atom. The van der Waals surface area contributed by atoms with E-state index < -0.39 is 0 Å². The standard InChI is InChI=1S/C22H21ClFN3O2/c23-20-6-3-7-21(25-20)26-12-14-27(15-13-26)22(28)11-9-16-8-10-19(29-16)17-4-1-2-5-18(17)24/h1-8,10H,9,11-15H2. The van der Waals surface area contributed by atoms with Crippen LogP contribution in [0.2, 0.25) is 5.15 Å². The predicted octanol–water partition coefficient (Wildman–Crippen LogP) is 4.42. The molecular formula is C22H21ClFN3O2. The molecule has 1 aliphatic rings. The Bertz CT molecular complexity index is 999. The summed E-state index contributed by atoms with van der Waals surface area (Å²) in [5.74, 6) is 1.76. The summed E-state index contributed by atoms with van der Waals surface area (Å²) >= 11 is 5.96. The van der Waals surface area contributed by atoms with Gasteiger partial charge in [0.2, 0.25) is 5.91 Å². The number of carbonyl (C=O) groups is 1. The van der Waals surface area contributed by atoms with E-state index in [0.29, 0.717) is 48.2 Å². The normalized spacial score (nSPS) is 14.3. The molecule has 0 aliphatic carbocycles. The molecule has 1 saturated heterocycles. The molecule has 150 valence electrons. The van der Waals surface area contributed by atoms with Gasteiger partial charge in [-0.15, -0.1) is 0 Å². The van der Waals surface area contributed by atoms with Gasteiger partial charge in [-0.05, 0) is 36.4 Å². The van der Waals surface area contributed by atoms with Gasteiger partial charge in [0.1, 0.15) is 28.3 Å². The molecule has 2 aromatic heterocycles. The predicted molar refractivity (Wildman–Crippen MR) is 110 cm³/mol. The number of hydrogen-bond donors (Lipinski definition) is 0. The fourth-order valence-corrected chi connectivity index (χ4v) is 3.62. The zero-order chi connectivity index (χ0) is 20.2. The zero-order valence-corrected chi connectivity index (χ0v) is 16.6. The van der Waals surface area contributed by atoms with Gasteiger partial charge in [-0.2, -0.15) is 0 Å². The summed E-state index contributed by atoms with van der Waals surface area (Å²) in [5, 5.41) is 0.467. The first-order valence-electron chi connectivity index (χ1n) is 9.59. The second-order valence-electron chi connectivity index (χ2n) is 6.93. The number of pyridine rings is 1. The average Bonchev–Trinajstić information content (AvgIpc) is 3.21. The molecule has 1 fully saturated rings. The van der Waals surface area contributed by atoms with Crippen molar-refractivity contribution < 1.29 is 13.6 Å². The maximum absolute atomic E-state index is 13.9. The number of piperazine rings is 1. The number of furan rings is 1. The first kappa shape index (κ1) is 19.5. The minimum Gasteiger partial charge on any atom is -0.461 e. The van der Waals surface area contributed by atoms with Gasteiger partial charge in [0, 0.05) is 39.0 Å². The summed E-state index contributed by atoms with van der Waals surface area (Å²) in [6.07, 6.45) is 0.850. The molecule has 0 saturated carbocycles. The van der Waals surface area contributed by atoms with Gasteiger partial charge < -0.3 is 14.2 Å². The van der Waals surface area contributed by atoms with Gasteiger partial charge in [0.15, 0.2) is 0 Å². The summed E-state index contributed by atoms with van der Waals surface area (Å²) in [5.41, 5.74) is 0.427. The molecule has 1 aliphatic heterocycles. The number of nitrogens with zero attached hydrogens (tertiary/aromatic N) is 3. The van der Waals surface area contributed by atoms with E-state index in [9.17, 15) is 9.18 Å².